The van der Waals surface area contributed by atoms with Gasteiger partial charge in [-0.15, -0.1) is 11.3 Å². The maximum absolute atomic E-state index is 13.9. The van der Waals surface area contributed by atoms with Gasteiger partial charge in [0.05, 0.1) is 93.9 Å². The molecule has 5 N–H and O–H groups in total. The minimum atomic E-state index is -0.973. The zero-order valence-electron chi connectivity index (χ0n) is 45.1. The van der Waals surface area contributed by atoms with Crippen molar-refractivity contribution in [2.45, 2.75) is 90.1 Å². The number of phenolic OH excluding ortho intramolecular Hbond substituents is 1. The molecule has 5 amide bonds. The first kappa shape index (κ1) is 59.4. The number of nitrogens with one attached hydrogen (secondary N) is 3. The van der Waals surface area contributed by atoms with Gasteiger partial charge in [-0.3, -0.25) is 28.9 Å². The van der Waals surface area contributed by atoms with Crippen molar-refractivity contribution in [2.75, 3.05) is 124 Å². The predicted molar refractivity (Wildman–Crippen MR) is 292 cm³/mol. The molecular formula is C55H77ClN8O12S. The number of aliphatic hydroxyl groups excluding tert-OH is 1. The molecule has 20 nitrogen and oxygen atoms in total. The number of hydrogen-bond donors (Lipinski definition) is 5. The lowest BCUT2D eigenvalue weighted by Gasteiger charge is -2.47. The molecule has 3 saturated heterocycles. The molecule has 3 aromatic rings. The predicted octanol–water partition coefficient (Wildman–Crippen LogP) is 3.74. The number of carbonyl (C=O) groups excluding carboxylic acids is 5. The standard InChI is InChI=1S/C55H77ClN8O12S/c1-37-50(77-36-59-37)39-10-8-38(9-11-39)30-58-52(70)45-27-41(65)34-64(45)53(71)51(54(2,3)4)60-47(67)35-76-26-25-75-24-23-74-22-21-73-20-19-72-18-6-7-48(68)63-32-40(33-63)61-14-16-62(17-15-61)49(69)31-57-44-28-42(55(5)12-13-55)43(56)29-46(44)66/h6-11,28-29,36,40-41,45,51,57,65-66H,12-27,30-35H2,1-5H3,(H,58,70)(H,60,67)/b7-6+/t41-,45+,51?/m1/s1. The lowest BCUT2D eigenvalue weighted by molar-refractivity contribution is -0.144. The van der Waals surface area contributed by atoms with Crippen LogP contribution in [0.15, 0.2) is 54.1 Å². The number of phenols is 1. The Morgan fingerprint density at radius 3 is 2.13 bits per heavy atom. The number of ether oxygens (including phenoxy) is 5. The summed E-state index contributed by atoms with van der Waals surface area (Å²) in [6, 6.07) is 9.66. The fourth-order valence-corrected chi connectivity index (χ4v) is 10.6. The number of amides is 5. The molecule has 4 fully saturated rings. The van der Waals surface area contributed by atoms with Crippen LogP contribution >= 0.6 is 22.9 Å². The van der Waals surface area contributed by atoms with Gasteiger partial charge in [-0.05, 0) is 53.4 Å². The average Bonchev–Trinajstić information content (AvgIpc) is 3.91. The van der Waals surface area contributed by atoms with E-state index in [-0.39, 0.29) is 87.4 Å². The van der Waals surface area contributed by atoms with E-state index in [9.17, 15) is 34.2 Å². The van der Waals surface area contributed by atoms with E-state index in [2.05, 4.69) is 32.8 Å². The summed E-state index contributed by atoms with van der Waals surface area (Å²) in [5.74, 6) is -1.37. The number of thiazole rings is 1. The van der Waals surface area contributed by atoms with E-state index in [1.54, 1.807) is 28.4 Å². The largest absolute Gasteiger partial charge is 0.506 e. The first-order chi connectivity index (χ1) is 36.9. The number of aromatic hydroxyl groups is 1. The van der Waals surface area contributed by atoms with Crippen LogP contribution in [-0.4, -0.2) is 207 Å². The van der Waals surface area contributed by atoms with E-state index in [1.165, 1.54) is 11.0 Å². The molecule has 22 heteroatoms. The number of likely N-dealkylation sites (tertiary alicyclic amines) is 2. The van der Waals surface area contributed by atoms with Crippen LogP contribution in [0.5, 0.6) is 5.75 Å². The van der Waals surface area contributed by atoms with Gasteiger partial charge >= 0.3 is 0 Å². The van der Waals surface area contributed by atoms with Crippen molar-refractivity contribution in [1.82, 2.24) is 35.2 Å². The molecule has 7 rings (SSSR count). The van der Waals surface area contributed by atoms with Crippen LogP contribution in [0.25, 0.3) is 10.4 Å². The molecule has 4 heterocycles. The molecule has 0 radical (unpaired) electrons. The van der Waals surface area contributed by atoms with Crippen LogP contribution in [0, 0.1) is 12.3 Å². The monoisotopic (exact) mass is 1110 g/mol. The lowest BCUT2D eigenvalue weighted by atomic mass is 9.85. The Hall–Kier alpha value is -5.23. The molecule has 2 aromatic carbocycles. The molecule has 0 spiro atoms. The van der Waals surface area contributed by atoms with Gasteiger partial charge in [-0.1, -0.05) is 69.6 Å². The number of aliphatic hydroxyl groups is 1. The molecule has 1 saturated carbocycles. The molecule has 4 aliphatic rings. The Morgan fingerprint density at radius 2 is 1.52 bits per heavy atom. The number of nitrogens with zero attached hydrogens (tertiary/aromatic N) is 5. The normalized spacial score (nSPS) is 19.1. The molecule has 1 aromatic heterocycles. The summed E-state index contributed by atoms with van der Waals surface area (Å²) in [5, 5.41) is 30.3. The highest BCUT2D eigenvalue weighted by Gasteiger charge is 2.45. The van der Waals surface area contributed by atoms with Crippen molar-refractivity contribution in [2.24, 2.45) is 5.41 Å². The van der Waals surface area contributed by atoms with E-state index in [4.69, 9.17) is 35.3 Å². The molecule has 3 atom stereocenters. The number of aryl methyl sites for hydroxylation is 1. The lowest BCUT2D eigenvalue weighted by Crippen LogP contribution is -2.64. The molecule has 1 unspecified atom stereocenters. The summed E-state index contributed by atoms with van der Waals surface area (Å²) in [5.41, 5.74) is 5.54. The first-order valence-electron chi connectivity index (χ1n) is 26.6. The van der Waals surface area contributed by atoms with Crippen molar-refractivity contribution >= 4 is 58.2 Å². The Labute approximate surface area is 460 Å². The summed E-state index contributed by atoms with van der Waals surface area (Å²) < 4.78 is 27.7. The van der Waals surface area contributed by atoms with Crippen molar-refractivity contribution in [3.8, 4) is 16.2 Å². The van der Waals surface area contributed by atoms with Gasteiger partial charge in [0.15, 0.2) is 0 Å². The number of halogens is 1. The second-order valence-electron chi connectivity index (χ2n) is 21.4. The highest BCUT2D eigenvalue weighted by Crippen LogP contribution is 2.51. The molecule has 1 aliphatic carbocycles. The third-order valence-electron chi connectivity index (χ3n) is 14.4. The maximum atomic E-state index is 13.9. The van der Waals surface area contributed by atoms with Crippen LogP contribution in [0.2, 0.25) is 5.02 Å². The highest BCUT2D eigenvalue weighted by molar-refractivity contribution is 7.13. The maximum Gasteiger partial charge on any atom is 0.246 e. The number of aromatic nitrogens is 1. The first-order valence-corrected chi connectivity index (χ1v) is 27.8. The Bertz CT molecular complexity index is 2490. The molecule has 77 heavy (non-hydrogen) atoms. The fourth-order valence-electron chi connectivity index (χ4n) is 9.44. The van der Waals surface area contributed by atoms with Gasteiger partial charge in [-0.25, -0.2) is 4.98 Å². The Balaban J connectivity index is 0.656. The number of β-amino-alcohol motifs (C(OH)–C–C–N with tert-alkyl or cyclic N) is 1. The Morgan fingerprint density at radius 1 is 0.883 bits per heavy atom. The Kier molecular flexibility index (Phi) is 21.7. The number of benzene rings is 2. The minimum absolute atomic E-state index is 0.0235. The van der Waals surface area contributed by atoms with E-state index in [0.717, 1.165) is 53.2 Å². The SMILES string of the molecule is Cc1ncsc1-c1ccc(CNC(=O)[C@@H]2C[C@@H](O)CN2C(=O)C(NC(=O)COCCOCCOCCOCCOC/C=C/C(=O)N2CC(N3CCN(C(=O)CNc4cc(C5(C)CC5)c(Cl)cc4O)CC3)C2)C(C)(C)C)cc1. The third kappa shape index (κ3) is 17.1. The summed E-state index contributed by atoms with van der Waals surface area (Å²) in [4.78, 5) is 78.7. The van der Waals surface area contributed by atoms with E-state index < -0.39 is 35.4 Å². The minimum Gasteiger partial charge on any atom is -0.506 e. The second-order valence-corrected chi connectivity index (χ2v) is 22.7. The van der Waals surface area contributed by atoms with Crippen molar-refractivity contribution in [1.29, 1.82) is 0 Å². The van der Waals surface area contributed by atoms with Gasteiger partial charge in [-0.2, -0.15) is 0 Å². The second kappa shape index (κ2) is 28.1. The van der Waals surface area contributed by atoms with Gasteiger partial charge in [0.2, 0.25) is 29.5 Å². The smallest absolute Gasteiger partial charge is 0.246 e. The quantitative estimate of drug-likeness (QED) is 0.0396. The molecule has 0 bridgehead atoms. The number of anilines is 1. The topological polar surface area (TPSA) is 234 Å². The number of rotatable bonds is 28. The summed E-state index contributed by atoms with van der Waals surface area (Å²) >= 11 is 7.96. The molecular weight excluding hydrogens is 1030 g/mol. The molecule has 422 valence electrons. The zero-order chi connectivity index (χ0) is 55.1. The van der Waals surface area contributed by atoms with Gasteiger partial charge in [0.25, 0.3) is 0 Å². The van der Waals surface area contributed by atoms with Crippen molar-refractivity contribution in [3.63, 3.8) is 0 Å². The summed E-state index contributed by atoms with van der Waals surface area (Å²) in [7, 11) is 0. The van der Waals surface area contributed by atoms with Crippen LogP contribution in [0.1, 0.15) is 63.8 Å². The zero-order valence-corrected chi connectivity index (χ0v) is 46.6. The van der Waals surface area contributed by atoms with Gasteiger partial charge < -0.3 is 64.5 Å². The number of carbonyl (C=O) groups is 5. The van der Waals surface area contributed by atoms with Crippen LogP contribution in [0.4, 0.5) is 5.69 Å². The van der Waals surface area contributed by atoms with Crippen LogP contribution in [-0.2, 0) is 59.6 Å². The summed E-state index contributed by atoms with van der Waals surface area (Å²) in [6.07, 6.45) is 4.56. The van der Waals surface area contributed by atoms with Crippen LogP contribution < -0.4 is 16.0 Å². The van der Waals surface area contributed by atoms with E-state index >= 15 is 0 Å². The fraction of sp³-hybridized carbons (Fsp3) is 0.600. The van der Waals surface area contributed by atoms with Crippen molar-refractivity contribution < 1.29 is 57.9 Å². The van der Waals surface area contributed by atoms with Gasteiger partial charge in [0.1, 0.15) is 24.4 Å². The number of hydrogen-bond acceptors (Lipinski definition) is 16. The molecule has 3 aliphatic heterocycles. The average molecular weight is 1110 g/mol. The van der Waals surface area contributed by atoms with E-state index in [1.807, 2.05) is 68.4 Å². The van der Waals surface area contributed by atoms with Gasteiger partial charge in [0, 0.05) is 82.0 Å². The van der Waals surface area contributed by atoms with E-state index in [0.29, 0.717) is 76.5 Å². The summed E-state index contributed by atoms with van der Waals surface area (Å²) in [6.45, 7) is 16.4. The number of piperazine rings is 1. The van der Waals surface area contributed by atoms with Crippen molar-refractivity contribution in [3.05, 3.63) is 75.9 Å². The third-order valence-corrected chi connectivity index (χ3v) is 15.7. The van der Waals surface area contributed by atoms with Crippen LogP contribution in [0.3, 0.4) is 0 Å². The highest BCUT2D eigenvalue weighted by atomic mass is 35.5.